The summed E-state index contributed by atoms with van der Waals surface area (Å²) in [4.78, 5) is 13.9. The van der Waals surface area contributed by atoms with Crippen LogP contribution in [0.25, 0.3) is 0 Å². The Labute approximate surface area is 109 Å². The number of carbonyl (C=O) groups excluding carboxylic acids is 1. The van der Waals surface area contributed by atoms with E-state index >= 15 is 0 Å². The highest BCUT2D eigenvalue weighted by molar-refractivity contribution is 9.10. The minimum absolute atomic E-state index is 0.0897. The molecule has 16 heavy (non-hydrogen) atoms. The fraction of sp³-hybridized carbons (Fsp3) is 0.545. The lowest BCUT2D eigenvalue weighted by Crippen LogP contribution is -2.39. The zero-order chi connectivity index (χ0) is 12.3. The summed E-state index contributed by atoms with van der Waals surface area (Å²) in [6, 6.07) is 1.94. The molecule has 1 amide bonds. The van der Waals surface area contributed by atoms with Crippen LogP contribution >= 0.6 is 27.3 Å². The van der Waals surface area contributed by atoms with Crippen LogP contribution in [0.5, 0.6) is 0 Å². The van der Waals surface area contributed by atoms with Crippen molar-refractivity contribution in [3.05, 3.63) is 15.9 Å². The molecule has 1 aromatic rings. The maximum absolute atomic E-state index is 12.2. The van der Waals surface area contributed by atoms with Crippen molar-refractivity contribution < 1.29 is 4.79 Å². The van der Waals surface area contributed by atoms with Crippen LogP contribution in [0.2, 0.25) is 0 Å². The second-order valence-corrected chi connectivity index (χ2v) is 5.89. The maximum Gasteiger partial charge on any atom is 0.231 e. The van der Waals surface area contributed by atoms with Gasteiger partial charge in [0.15, 0.2) is 0 Å². The molecule has 0 bridgehead atoms. The van der Waals surface area contributed by atoms with E-state index in [2.05, 4.69) is 15.9 Å². The number of hydrogen-bond acceptors (Lipinski definition) is 3. The van der Waals surface area contributed by atoms with Gasteiger partial charge in [0, 0.05) is 23.4 Å². The standard InChI is InChI=1S/C11H17BrN2OS/c1-7(2)9(5-13)11(15)14(3)10-4-8(12)6-16-10/h4,6-7,9H,5,13H2,1-3H3. The number of thiophene rings is 1. The van der Waals surface area contributed by atoms with Crippen LogP contribution in [-0.4, -0.2) is 19.5 Å². The van der Waals surface area contributed by atoms with Crippen LogP contribution in [0.1, 0.15) is 13.8 Å². The summed E-state index contributed by atoms with van der Waals surface area (Å²) in [6.45, 7) is 4.44. The smallest absolute Gasteiger partial charge is 0.231 e. The number of rotatable bonds is 4. The Morgan fingerprint density at radius 1 is 1.62 bits per heavy atom. The third kappa shape index (κ3) is 3.06. The summed E-state index contributed by atoms with van der Waals surface area (Å²) >= 11 is 4.92. The minimum atomic E-state index is -0.106. The molecule has 0 aromatic carbocycles. The monoisotopic (exact) mass is 304 g/mol. The van der Waals surface area contributed by atoms with E-state index in [1.54, 1.807) is 23.3 Å². The molecule has 0 spiro atoms. The summed E-state index contributed by atoms with van der Waals surface area (Å²) in [7, 11) is 1.80. The van der Waals surface area contributed by atoms with Crippen LogP contribution in [0, 0.1) is 11.8 Å². The zero-order valence-corrected chi connectivity index (χ0v) is 12.1. The molecule has 0 aliphatic carbocycles. The predicted octanol–water partition coefficient (Wildman–Crippen LogP) is 2.70. The molecule has 0 saturated carbocycles. The Bertz CT molecular complexity index is 365. The average molecular weight is 305 g/mol. The van der Waals surface area contributed by atoms with Crippen molar-refractivity contribution in [3.63, 3.8) is 0 Å². The SMILES string of the molecule is CC(C)C(CN)C(=O)N(C)c1cc(Br)cs1. The second kappa shape index (κ2) is 5.80. The van der Waals surface area contributed by atoms with Gasteiger partial charge in [0.05, 0.1) is 10.9 Å². The van der Waals surface area contributed by atoms with Crippen molar-refractivity contribution in [2.24, 2.45) is 17.6 Å². The average Bonchev–Trinajstić information content (AvgIpc) is 2.64. The van der Waals surface area contributed by atoms with Crippen LogP contribution in [-0.2, 0) is 4.79 Å². The zero-order valence-electron chi connectivity index (χ0n) is 9.74. The largest absolute Gasteiger partial charge is 0.330 e. The molecule has 1 unspecified atom stereocenters. The molecule has 0 aliphatic rings. The molecule has 1 atom stereocenters. The Hall–Kier alpha value is -0.390. The molecular weight excluding hydrogens is 288 g/mol. The van der Waals surface area contributed by atoms with Gasteiger partial charge in [-0.25, -0.2) is 0 Å². The van der Waals surface area contributed by atoms with Crippen LogP contribution < -0.4 is 10.6 Å². The van der Waals surface area contributed by atoms with E-state index in [9.17, 15) is 4.79 Å². The van der Waals surface area contributed by atoms with Gasteiger partial charge in [0.2, 0.25) is 5.91 Å². The van der Waals surface area contributed by atoms with Crippen molar-refractivity contribution in [2.75, 3.05) is 18.5 Å². The van der Waals surface area contributed by atoms with Gasteiger partial charge in [0.1, 0.15) is 0 Å². The van der Waals surface area contributed by atoms with E-state index in [1.807, 2.05) is 25.3 Å². The number of amides is 1. The first kappa shape index (κ1) is 13.7. The summed E-state index contributed by atoms with van der Waals surface area (Å²) in [6.07, 6.45) is 0. The molecule has 90 valence electrons. The van der Waals surface area contributed by atoms with Crippen molar-refractivity contribution >= 4 is 38.2 Å². The fourth-order valence-electron chi connectivity index (χ4n) is 1.49. The van der Waals surface area contributed by atoms with Crippen LogP contribution in [0.3, 0.4) is 0 Å². The third-order valence-corrected chi connectivity index (χ3v) is 4.36. The normalized spacial score (nSPS) is 12.9. The molecule has 1 rings (SSSR count). The van der Waals surface area contributed by atoms with Crippen LogP contribution in [0.4, 0.5) is 5.00 Å². The lowest BCUT2D eigenvalue weighted by atomic mass is 9.95. The Kier molecular flexibility index (Phi) is 4.95. The molecule has 0 aliphatic heterocycles. The maximum atomic E-state index is 12.2. The van der Waals surface area contributed by atoms with Gasteiger partial charge in [0.25, 0.3) is 0 Å². The van der Waals surface area contributed by atoms with Gasteiger partial charge in [-0.1, -0.05) is 13.8 Å². The van der Waals surface area contributed by atoms with Crippen molar-refractivity contribution in [1.82, 2.24) is 0 Å². The van der Waals surface area contributed by atoms with E-state index in [1.165, 1.54) is 0 Å². The van der Waals surface area contributed by atoms with E-state index < -0.39 is 0 Å². The van der Waals surface area contributed by atoms with E-state index in [4.69, 9.17) is 5.73 Å². The molecule has 0 fully saturated rings. The van der Waals surface area contributed by atoms with E-state index in [0.29, 0.717) is 6.54 Å². The topological polar surface area (TPSA) is 46.3 Å². The van der Waals surface area contributed by atoms with Crippen molar-refractivity contribution in [2.45, 2.75) is 13.8 Å². The number of carbonyl (C=O) groups is 1. The number of anilines is 1. The van der Waals surface area contributed by atoms with Gasteiger partial charge < -0.3 is 10.6 Å². The highest BCUT2D eigenvalue weighted by Gasteiger charge is 2.25. The first-order valence-corrected chi connectivity index (χ1v) is 6.86. The Morgan fingerprint density at radius 2 is 2.25 bits per heavy atom. The Morgan fingerprint density at radius 3 is 2.62 bits per heavy atom. The summed E-state index contributed by atoms with van der Waals surface area (Å²) in [5.74, 6) is 0.251. The van der Waals surface area contributed by atoms with E-state index in [-0.39, 0.29) is 17.7 Å². The Balaban J connectivity index is 2.81. The molecular formula is C11H17BrN2OS. The number of halogens is 1. The fourth-order valence-corrected chi connectivity index (χ4v) is 2.89. The first-order chi connectivity index (χ1) is 7.47. The number of nitrogens with zero attached hydrogens (tertiary/aromatic N) is 1. The second-order valence-electron chi connectivity index (χ2n) is 4.09. The molecule has 0 saturated heterocycles. The quantitative estimate of drug-likeness (QED) is 0.929. The summed E-state index contributed by atoms with van der Waals surface area (Å²) in [5.41, 5.74) is 5.64. The molecule has 0 radical (unpaired) electrons. The minimum Gasteiger partial charge on any atom is -0.330 e. The summed E-state index contributed by atoms with van der Waals surface area (Å²) < 4.78 is 1.00. The number of nitrogens with two attached hydrogens (primary N) is 1. The van der Waals surface area contributed by atoms with Gasteiger partial charge in [-0.15, -0.1) is 11.3 Å². The van der Waals surface area contributed by atoms with Gasteiger partial charge in [-0.2, -0.15) is 0 Å². The molecule has 2 N–H and O–H groups in total. The van der Waals surface area contributed by atoms with Gasteiger partial charge in [-0.3, -0.25) is 4.79 Å². The predicted molar refractivity (Wildman–Crippen MR) is 72.8 cm³/mol. The van der Waals surface area contributed by atoms with Crippen molar-refractivity contribution in [3.8, 4) is 0 Å². The van der Waals surface area contributed by atoms with Gasteiger partial charge in [-0.05, 0) is 27.9 Å². The highest BCUT2D eigenvalue weighted by atomic mass is 79.9. The van der Waals surface area contributed by atoms with E-state index in [0.717, 1.165) is 9.47 Å². The first-order valence-electron chi connectivity index (χ1n) is 5.19. The lowest BCUT2D eigenvalue weighted by molar-refractivity contribution is -0.123. The molecule has 5 heteroatoms. The molecule has 3 nitrogen and oxygen atoms in total. The lowest BCUT2D eigenvalue weighted by Gasteiger charge is -2.24. The molecule has 1 heterocycles. The number of hydrogen-bond donors (Lipinski definition) is 1. The summed E-state index contributed by atoms with van der Waals surface area (Å²) in [5, 5.41) is 2.90. The van der Waals surface area contributed by atoms with Gasteiger partial charge >= 0.3 is 0 Å². The molecule has 1 aromatic heterocycles. The van der Waals surface area contributed by atoms with Crippen LogP contribution in [0.15, 0.2) is 15.9 Å². The highest BCUT2D eigenvalue weighted by Crippen LogP contribution is 2.28. The third-order valence-electron chi connectivity index (χ3n) is 2.59. The van der Waals surface area contributed by atoms with Crippen molar-refractivity contribution in [1.29, 1.82) is 0 Å².